The maximum absolute atomic E-state index is 13.4. The minimum absolute atomic E-state index is 0.00218. The first-order chi connectivity index (χ1) is 7.06. The van der Waals surface area contributed by atoms with E-state index < -0.39 is 11.6 Å². The van der Waals surface area contributed by atoms with E-state index in [1.165, 1.54) is 0 Å². The van der Waals surface area contributed by atoms with Crippen molar-refractivity contribution in [1.82, 2.24) is 0 Å². The lowest BCUT2D eigenvalue weighted by Gasteiger charge is -2.20. The van der Waals surface area contributed by atoms with Crippen molar-refractivity contribution in [3.05, 3.63) is 23.8 Å². The molecule has 2 N–H and O–H groups in total. The Bertz CT molecular complexity index is 316. The van der Waals surface area contributed by atoms with Crippen LogP contribution in [0.3, 0.4) is 0 Å². The Hall–Kier alpha value is -1.32. The van der Waals surface area contributed by atoms with Crippen LogP contribution in [0, 0.1) is 11.6 Å². The fraction of sp³-hybridized carbons (Fsp3) is 0.455. The highest BCUT2D eigenvalue weighted by atomic mass is 19.1. The molecule has 4 heteroatoms. The van der Waals surface area contributed by atoms with Crippen molar-refractivity contribution in [3.8, 4) is 0 Å². The van der Waals surface area contributed by atoms with Crippen LogP contribution in [-0.4, -0.2) is 13.6 Å². The van der Waals surface area contributed by atoms with Gasteiger partial charge in [-0.05, 0) is 18.6 Å². The summed E-state index contributed by atoms with van der Waals surface area (Å²) in [6.45, 7) is 2.66. The molecule has 0 heterocycles. The number of unbranched alkanes of at least 4 members (excludes halogenated alkanes) is 1. The zero-order chi connectivity index (χ0) is 11.4. The molecular formula is C11H16F2N2. The van der Waals surface area contributed by atoms with Gasteiger partial charge in [-0.1, -0.05) is 13.3 Å². The van der Waals surface area contributed by atoms with Crippen LogP contribution >= 0.6 is 0 Å². The van der Waals surface area contributed by atoms with Gasteiger partial charge < -0.3 is 10.6 Å². The molecule has 0 amide bonds. The van der Waals surface area contributed by atoms with E-state index in [-0.39, 0.29) is 11.4 Å². The monoisotopic (exact) mass is 214 g/mol. The van der Waals surface area contributed by atoms with E-state index in [0.717, 1.165) is 25.0 Å². The first-order valence-electron chi connectivity index (χ1n) is 5.02. The fourth-order valence-corrected chi connectivity index (χ4v) is 1.46. The number of halogens is 2. The van der Waals surface area contributed by atoms with Gasteiger partial charge in [0.25, 0.3) is 0 Å². The zero-order valence-corrected chi connectivity index (χ0v) is 9.06. The van der Waals surface area contributed by atoms with E-state index in [0.29, 0.717) is 6.54 Å². The maximum Gasteiger partial charge on any atom is 0.151 e. The first kappa shape index (κ1) is 11.8. The summed E-state index contributed by atoms with van der Waals surface area (Å²) in [6.07, 6.45) is 1.89. The van der Waals surface area contributed by atoms with E-state index in [9.17, 15) is 8.78 Å². The highest BCUT2D eigenvalue weighted by Crippen LogP contribution is 2.25. The minimum Gasteiger partial charge on any atom is -0.399 e. The molecular weight excluding hydrogens is 198 g/mol. The molecule has 0 radical (unpaired) electrons. The summed E-state index contributed by atoms with van der Waals surface area (Å²) in [5, 5.41) is 0. The molecule has 0 saturated carbocycles. The quantitative estimate of drug-likeness (QED) is 0.781. The standard InChI is InChI=1S/C11H16F2N2/c1-3-4-5-15(2)11-9(12)6-8(14)7-10(11)13/h6-7H,3-5,14H2,1-2H3. The van der Waals surface area contributed by atoms with Gasteiger partial charge in [-0.25, -0.2) is 8.78 Å². The van der Waals surface area contributed by atoms with Gasteiger partial charge in [0.15, 0.2) is 11.6 Å². The Labute approximate surface area is 88.7 Å². The molecule has 84 valence electrons. The topological polar surface area (TPSA) is 29.3 Å². The summed E-state index contributed by atoms with van der Waals surface area (Å²) >= 11 is 0. The third-order valence-electron chi connectivity index (χ3n) is 2.27. The number of rotatable bonds is 4. The molecule has 0 saturated heterocycles. The molecule has 1 aromatic rings. The summed E-state index contributed by atoms with van der Waals surface area (Å²) in [5.41, 5.74) is 5.44. The van der Waals surface area contributed by atoms with Crippen LogP contribution in [0.15, 0.2) is 12.1 Å². The van der Waals surface area contributed by atoms with Crippen LogP contribution in [0.1, 0.15) is 19.8 Å². The van der Waals surface area contributed by atoms with E-state index in [1.807, 2.05) is 6.92 Å². The van der Waals surface area contributed by atoms with Gasteiger partial charge in [-0.15, -0.1) is 0 Å². The molecule has 1 aromatic carbocycles. The van der Waals surface area contributed by atoms with Gasteiger partial charge in [0, 0.05) is 19.3 Å². The molecule has 0 aliphatic carbocycles. The number of nitrogens with zero attached hydrogens (tertiary/aromatic N) is 1. The average Bonchev–Trinajstić information content (AvgIpc) is 2.12. The van der Waals surface area contributed by atoms with E-state index >= 15 is 0 Å². The van der Waals surface area contributed by atoms with Crippen LogP contribution in [0.2, 0.25) is 0 Å². The first-order valence-corrected chi connectivity index (χ1v) is 5.02. The predicted octanol–water partition coefficient (Wildman–Crippen LogP) is 2.78. The molecule has 1 rings (SSSR count). The van der Waals surface area contributed by atoms with Gasteiger partial charge in [-0.3, -0.25) is 0 Å². The summed E-state index contributed by atoms with van der Waals surface area (Å²) in [5.74, 6) is -1.21. The van der Waals surface area contributed by atoms with E-state index in [2.05, 4.69) is 0 Å². The lowest BCUT2D eigenvalue weighted by Crippen LogP contribution is -2.21. The van der Waals surface area contributed by atoms with E-state index in [4.69, 9.17) is 5.73 Å². The van der Waals surface area contributed by atoms with Gasteiger partial charge in [0.05, 0.1) is 0 Å². The lowest BCUT2D eigenvalue weighted by atomic mass is 10.2. The van der Waals surface area contributed by atoms with Crippen LogP contribution in [0.5, 0.6) is 0 Å². The highest BCUT2D eigenvalue weighted by molar-refractivity contribution is 5.55. The van der Waals surface area contributed by atoms with Crippen LogP contribution in [0.25, 0.3) is 0 Å². The van der Waals surface area contributed by atoms with Crippen molar-refractivity contribution in [3.63, 3.8) is 0 Å². The SMILES string of the molecule is CCCCN(C)c1c(F)cc(N)cc1F. The Kier molecular flexibility index (Phi) is 3.88. The van der Waals surface area contributed by atoms with Gasteiger partial charge >= 0.3 is 0 Å². The molecule has 0 spiro atoms. The summed E-state index contributed by atoms with van der Waals surface area (Å²) in [7, 11) is 1.67. The van der Waals surface area contributed by atoms with Crippen LogP contribution < -0.4 is 10.6 Å². The number of nitrogens with two attached hydrogens (primary N) is 1. The Morgan fingerprint density at radius 2 is 1.80 bits per heavy atom. The number of hydrogen-bond donors (Lipinski definition) is 1. The van der Waals surface area contributed by atoms with Gasteiger partial charge in [0.1, 0.15) is 5.69 Å². The lowest BCUT2D eigenvalue weighted by molar-refractivity contribution is 0.575. The van der Waals surface area contributed by atoms with Gasteiger partial charge in [-0.2, -0.15) is 0 Å². The third-order valence-corrected chi connectivity index (χ3v) is 2.27. The van der Waals surface area contributed by atoms with Crippen LogP contribution in [-0.2, 0) is 0 Å². The smallest absolute Gasteiger partial charge is 0.151 e. The number of hydrogen-bond acceptors (Lipinski definition) is 2. The molecule has 0 unspecified atom stereocenters. The number of benzene rings is 1. The van der Waals surface area contributed by atoms with Crippen molar-refractivity contribution in [2.24, 2.45) is 0 Å². The molecule has 0 atom stereocenters. The summed E-state index contributed by atoms with van der Waals surface area (Å²) in [6, 6.07) is 2.28. The van der Waals surface area contributed by atoms with Crippen molar-refractivity contribution in [2.75, 3.05) is 24.2 Å². The predicted molar refractivity (Wildman–Crippen MR) is 58.9 cm³/mol. The highest BCUT2D eigenvalue weighted by Gasteiger charge is 2.13. The molecule has 0 fully saturated rings. The second-order valence-corrected chi connectivity index (χ2v) is 3.61. The van der Waals surface area contributed by atoms with Crippen molar-refractivity contribution in [1.29, 1.82) is 0 Å². The second-order valence-electron chi connectivity index (χ2n) is 3.61. The van der Waals surface area contributed by atoms with Gasteiger partial charge in [0.2, 0.25) is 0 Å². The van der Waals surface area contributed by atoms with Crippen molar-refractivity contribution < 1.29 is 8.78 Å². The Morgan fingerprint density at radius 3 is 2.27 bits per heavy atom. The summed E-state index contributed by atoms with van der Waals surface area (Å²) < 4.78 is 26.9. The molecule has 0 aliphatic heterocycles. The molecule has 0 aliphatic rings. The maximum atomic E-state index is 13.4. The average molecular weight is 214 g/mol. The largest absolute Gasteiger partial charge is 0.399 e. The third kappa shape index (κ3) is 2.81. The molecule has 0 aromatic heterocycles. The molecule has 0 bridgehead atoms. The number of nitrogen functional groups attached to an aromatic ring is 1. The van der Waals surface area contributed by atoms with Crippen LogP contribution in [0.4, 0.5) is 20.2 Å². The number of anilines is 2. The molecule has 15 heavy (non-hydrogen) atoms. The van der Waals surface area contributed by atoms with Crippen molar-refractivity contribution in [2.45, 2.75) is 19.8 Å². The van der Waals surface area contributed by atoms with Crippen molar-refractivity contribution >= 4 is 11.4 Å². The fourth-order valence-electron chi connectivity index (χ4n) is 1.46. The van der Waals surface area contributed by atoms with E-state index in [1.54, 1.807) is 11.9 Å². The minimum atomic E-state index is -0.605. The normalized spacial score (nSPS) is 10.4. The summed E-state index contributed by atoms with van der Waals surface area (Å²) in [4.78, 5) is 1.58. The second kappa shape index (κ2) is 4.96. The Morgan fingerprint density at radius 1 is 1.27 bits per heavy atom. The molecule has 2 nitrogen and oxygen atoms in total. The zero-order valence-electron chi connectivity index (χ0n) is 9.06. The Balaban J connectivity index is 2.92.